The molecule has 1 aromatic rings. The van der Waals surface area contributed by atoms with Gasteiger partial charge in [0.1, 0.15) is 5.60 Å². The van der Waals surface area contributed by atoms with Crippen molar-refractivity contribution < 1.29 is 14.7 Å². The quantitative estimate of drug-likeness (QED) is 0.816. The first-order chi connectivity index (χ1) is 8.34. The second-order valence-corrected chi connectivity index (χ2v) is 4.86. The summed E-state index contributed by atoms with van der Waals surface area (Å²) in [6.45, 7) is 2.76. The number of rotatable bonds is 2. The molecule has 0 saturated carbocycles. The van der Waals surface area contributed by atoms with Crippen LogP contribution in [0.1, 0.15) is 19.4 Å². The van der Waals surface area contributed by atoms with E-state index in [4.69, 9.17) is 0 Å². The summed E-state index contributed by atoms with van der Waals surface area (Å²) >= 11 is 0. The van der Waals surface area contributed by atoms with E-state index in [0.717, 1.165) is 16.2 Å². The summed E-state index contributed by atoms with van der Waals surface area (Å²) in [5.74, 6) is -0.895. The number of fused-ring (bicyclic) bond motifs is 1. The molecule has 18 heavy (non-hydrogen) atoms. The Morgan fingerprint density at radius 3 is 2.67 bits per heavy atom. The van der Waals surface area contributed by atoms with Crippen molar-refractivity contribution in [2.24, 2.45) is 0 Å². The van der Waals surface area contributed by atoms with Gasteiger partial charge in [-0.3, -0.25) is 9.59 Å². The second-order valence-electron chi connectivity index (χ2n) is 4.86. The molecule has 0 radical (unpaired) electrons. The van der Waals surface area contributed by atoms with Crippen molar-refractivity contribution in [1.29, 1.82) is 0 Å². The van der Waals surface area contributed by atoms with Gasteiger partial charge in [0.25, 0.3) is 5.91 Å². The summed E-state index contributed by atoms with van der Waals surface area (Å²) in [6.07, 6.45) is 0.187. The van der Waals surface area contributed by atoms with Crippen LogP contribution in [0.5, 0.6) is 0 Å². The molecule has 2 amide bonds. The topological polar surface area (TPSA) is 69.6 Å². The number of imide groups is 1. The fourth-order valence-electron chi connectivity index (χ4n) is 1.97. The van der Waals surface area contributed by atoms with Crippen LogP contribution < -0.4 is 10.2 Å². The molecule has 1 aliphatic heterocycles. The summed E-state index contributed by atoms with van der Waals surface area (Å²) < 4.78 is 0. The average molecular weight is 248 g/mol. The SMILES string of the molecule is CNc1ccc2c(c1)CC(=O)N2C(=O)C(C)(C)O. The molecule has 1 aromatic carbocycles. The number of benzene rings is 1. The lowest BCUT2D eigenvalue weighted by Gasteiger charge is -2.23. The molecular weight excluding hydrogens is 232 g/mol. The Kier molecular flexibility index (Phi) is 2.86. The van der Waals surface area contributed by atoms with Crippen molar-refractivity contribution in [1.82, 2.24) is 0 Å². The Hall–Kier alpha value is -1.88. The van der Waals surface area contributed by atoms with Gasteiger partial charge in [0.15, 0.2) is 0 Å². The van der Waals surface area contributed by atoms with Crippen LogP contribution in [-0.4, -0.2) is 29.6 Å². The van der Waals surface area contributed by atoms with Gasteiger partial charge in [-0.2, -0.15) is 0 Å². The van der Waals surface area contributed by atoms with E-state index in [-0.39, 0.29) is 12.3 Å². The summed E-state index contributed by atoms with van der Waals surface area (Å²) in [5.41, 5.74) is 0.688. The Morgan fingerprint density at radius 1 is 1.44 bits per heavy atom. The van der Waals surface area contributed by atoms with E-state index in [1.54, 1.807) is 19.2 Å². The Morgan fingerprint density at radius 2 is 2.11 bits per heavy atom. The summed E-state index contributed by atoms with van der Waals surface area (Å²) in [7, 11) is 1.79. The third kappa shape index (κ3) is 1.97. The molecule has 2 rings (SSSR count). The first kappa shape index (κ1) is 12.6. The molecule has 5 nitrogen and oxygen atoms in total. The highest BCUT2D eigenvalue weighted by molar-refractivity contribution is 6.21. The number of carbonyl (C=O) groups is 2. The van der Waals surface area contributed by atoms with Crippen molar-refractivity contribution in [2.75, 3.05) is 17.3 Å². The monoisotopic (exact) mass is 248 g/mol. The van der Waals surface area contributed by atoms with Gasteiger partial charge < -0.3 is 10.4 Å². The van der Waals surface area contributed by atoms with E-state index < -0.39 is 11.5 Å². The Balaban J connectivity index is 2.43. The van der Waals surface area contributed by atoms with Gasteiger partial charge >= 0.3 is 0 Å². The van der Waals surface area contributed by atoms with Gasteiger partial charge in [-0.1, -0.05) is 0 Å². The van der Waals surface area contributed by atoms with E-state index >= 15 is 0 Å². The van der Waals surface area contributed by atoms with Crippen LogP contribution in [0.2, 0.25) is 0 Å². The van der Waals surface area contributed by atoms with E-state index in [1.807, 2.05) is 6.07 Å². The lowest BCUT2D eigenvalue weighted by Crippen LogP contribution is -2.46. The maximum Gasteiger partial charge on any atom is 0.265 e. The predicted molar refractivity (Wildman–Crippen MR) is 68.5 cm³/mol. The minimum Gasteiger partial charge on any atom is -0.388 e. The van der Waals surface area contributed by atoms with Crippen molar-refractivity contribution >= 4 is 23.2 Å². The number of hydrogen-bond acceptors (Lipinski definition) is 4. The number of anilines is 2. The van der Waals surface area contributed by atoms with Crippen molar-refractivity contribution in [3.8, 4) is 0 Å². The zero-order chi connectivity index (χ0) is 13.5. The van der Waals surface area contributed by atoms with E-state index in [9.17, 15) is 14.7 Å². The zero-order valence-corrected chi connectivity index (χ0v) is 10.7. The van der Waals surface area contributed by atoms with Gasteiger partial charge in [0.2, 0.25) is 5.91 Å². The average Bonchev–Trinajstić information content (AvgIpc) is 2.61. The molecule has 0 unspecified atom stereocenters. The fraction of sp³-hybridized carbons (Fsp3) is 0.385. The molecule has 0 atom stereocenters. The number of carbonyl (C=O) groups excluding carboxylic acids is 2. The van der Waals surface area contributed by atoms with Crippen molar-refractivity contribution in [2.45, 2.75) is 25.9 Å². The van der Waals surface area contributed by atoms with Crippen LogP contribution in [0.15, 0.2) is 18.2 Å². The normalized spacial score (nSPS) is 14.7. The first-order valence-corrected chi connectivity index (χ1v) is 5.75. The highest BCUT2D eigenvalue weighted by Gasteiger charge is 2.39. The zero-order valence-electron chi connectivity index (χ0n) is 10.7. The standard InChI is InChI=1S/C13H16N2O3/c1-13(2,18)12(17)15-10-5-4-9(14-3)6-8(10)7-11(15)16/h4-6,14,18H,7H2,1-3H3. The van der Waals surface area contributed by atoms with Crippen LogP contribution in [0.3, 0.4) is 0 Å². The summed E-state index contributed by atoms with van der Waals surface area (Å²) in [5, 5.41) is 12.7. The number of nitrogens with one attached hydrogen (secondary N) is 1. The first-order valence-electron chi connectivity index (χ1n) is 5.75. The van der Waals surface area contributed by atoms with Crippen LogP contribution >= 0.6 is 0 Å². The number of nitrogens with zero attached hydrogens (tertiary/aromatic N) is 1. The lowest BCUT2D eigenvalue weighted by molar-refractivity contribution is -0.136. The minimum atomic E-state index is -1.56. The Bertz CT molecular complexity index is 517. The van der Waals surface area contributed by atoms with Crippen molar-refractivity contribution in [3.05, 3.63) is 23.8 Å². The third-order valence-corrected chi connectivity index (χ3v) is 2.93. The smallest absolute Gasteiger partial charge is 0.265 e. The van der Waals surface area contributed by atoms with E-state index in [0.29, 0.717) is 5.69 Å². The Labute approximate surface area is 105 Å². The molecule has 0 saturated heterocycles. The molecule has 0 aliphatic carbocycles. The molecule has 0 fully saturated rings. The third-order valence-electron chi connectivity index (χ3n) is 2.93. The van der Waals surface area contributed by atoms with Crippen molar-refractivity contribution in [3.63, 3.8) is 0 Å². The largest absolute Gasteiger partial charge is 0.388 e. The lowest BCUT2D eigenvalue weighted by atomic mass is 10.1. The van der Waals surface area contributed by atoms with Gasteiger partial charge in [-0.05, 0) is 37.6 Å². The van der Waals surface area contributed by atoms with Gasteiger partial charge in [0, 0.05) is 12.7 Å². The molecular formula is C13H16N2O3. The summed E-state index contributed by atoms with van der Waals surface area (Å²) in [6, 6.07) is 5.35. The number of aliphatic hydroxyl groups is 1. The minimum absolute atomic E-state index is 0.187. The van der Waals surface area contributed by atoms with Crippen LogP contribution in [0, 0.1) is 0 Å². The van der Waals surface area contributed by atoms with Gasteiger partial charge in [-0.25, -0.2) is 4.90 Å². The fourth-order valence-corrected chi connectivity index (χ4v) is 1.97. The molecule has 0 bridgehead atoms. The van der Waals surface area contributed by atoms with Crippen LogP contribution in [-0.2, 0) is 16.0 Å². The van der Waals surface area contributed by atoms with E-state index in [1.165, 1.54) is 13.8 Å². The molecule has 1 aliphatic rings. The highest BCUT2D eigenvalue weighted by atomic mass is 16.3. The predicted octanol–water partition coefficient (Wildman–Crippen LogP) is 0.915. The number of amides is 2. The molecule has 0 spiro atoms. The molecule has 1 heterocycles. The molecule has 96 valence electrons. The molecule has 5 heteroatoms. The maximum absolute atomic E-state index is 12.0. The molecule has 2 N–H and O–H groups in total. The highest BCUT2D eigenvalue weighted by Crippen LogP contribution is 2.32. The second kappa shape index (κ2) is 4.10. The maximum atomic E-state index is 12.0. The van der Waals surface area contributed by atoms with Crippen LogP contribution in [0.4, 0.5) is 11.4 Å². The summed E-state index contributed by atoms with van der Waals surface area (Å²) in [4.78, 5) is 25.0. The van der Waals surface area contributed by atoms with E-state index in [2.05, 4.69) is 5.32 Å². The van der Waals surface area contributed by atoms with Gasteiger partial charge in [-0.15, -0.1) is 0 Å². The number of hydrogen-bond donors (Lipinski definition) is 2. The molecule has 0 aromatic heterocycles. The van der Waals surface area contributed by atoms with Gasteiger partial charge in [0.05, 0.1) is 12.1 Å². The van der Waals surface area contributed by atoms with Crippen LogP contribution in [0.25, 0.3) is 0 Å².